The van der Waals surface area contributed by atoms with Gasteiger partial charge in [0.2, 0.25) is 0 Å². The van der Waals surface area contributed by atoms with Gasteiger partial charge in [0.15, 0.2) is 0 Å². The van der Waals surface area contributed by atoms with E-state index in [0.29, 0.717) is 16.2 Å². The highest BCUT2D eigenvalue weighted by Gasteiger charge is 2.67. The van der Waals surface area contributed by atoms with E-state index in [1.807, 2.05) is 18.1 Å². The molecule has 298 valence electrons. The number of nitrogens with two attached hydrogens (primary N) is 1. The molecule has 0 aromatic rings. The number of Topliss-reactive ketones (excluding diaryl/α,β-unsaturated/α-hetero) is 1. The van der Waals surface area contributed by atoms with Gasteiger partial charge in [0.05, 0.1) is 0 Å². The Hall–Kier alpha value is -1.23. The van der Waals surface area contributed by atoms with Gasteiger partial charge in [-0.1, -0.05) is 77.8 Å². The van der Waals surface area contributed by atoms with Gasteiger partial charge in [0.1, 0.15) is 5.78 Å². The van der Waals surface area contributed by atoms with Gasteiger partial charge < -0.3 is 21.2 Å². The van der Waals surface area contributed by atoms with Gasteiger partial charge in [-0.05, 0) is 209 Å². The molecule has 0 saturated heterocycles. The number of carbonyl (C=O) groups is 1. The minimum atomic E-state index is 0. The summed E-state index contributed by atoms with van der Waals surface area (Å²) < 4.78 is 0. The molecule has 9 unspecified atom stereocenters. The SMILES string of the molecule is C.C=CC.CC(C)=CCC/C(CCCNCCCCNCCCN)=C1/C(C)CC2(C)C1CCC1C3(C)CCC(C)C(C)C3CCC12C.CC(C)=O. The molecule has 9 atom stereocenters. The molecule has 4 saturated carbocycles. The molecule has 0 bridgehead atoms. The zero-order valence-electron chi connectivity index (χ0n) is 35.2. The van der Waals surface area contributed by atoms with Crippen LogP contribution in [0.2, 0.25) is 0 Å². The van der Waals surface area contributed by atoms with E-state index in [4.69, 9.17) is 5.73 Å². The molecule has 0 aromatic carbocycles. The normalized spacial score (nSPS) is 34.5. The van der Waals surface area contributed by atoms with Crippen molar-refractivity contribution in [3.63, 3.8) is 0 Å². The van der Waals surface area contributed by atoms with Crippen molar-refractivity contribution in [2.24, 2.45) is 57.5 Å². The van der Waals surface area contributed by atoms with E-state index in [2.05, 4.69) is 78.7 Å². The zero-order chi connectivity index (χ0) is 37.5. The van der Waals surface area contributed by atoms with Crippen molar-refractivity contribution in [3.8, 4) is 0 Å². The molecule has 4 fully saturated rings. The van der Waals surface area contributed by atoms with Gasteiger partial charge in [-0.2, -0.15) is 0 Å². The molecular formula is C47H89N3O. The second-order valence-corrected chi connectivity index (χ2v) is 18.3. The van der Waals surface area contributed by atoms with E-state index < -0.39 is 0 Å². The van der Waals surface area contributed by atoms with Crippen LogP contribution in [0.5, 0.6) is 0 Å². The molecule has 0 aromatic heterocycles. The highest BCUT2D eigenvalue weighted by molar-refractivity contribution is 5.72. The Morgan fingerprint density at radius 3 is 1.98 bits per heavy atom. The largest absolute Gasteiger partial charge is 0.330 e. The molecule has 0 heterocycles. The van der Waals surface area contributed by atoms with Gasteiger partial charge >= 0.3 is 0 Å². The monoisotopic (exact) mass is 712 g/mol. The topological polar surface area (TPSA) is 67.2 Å². The van der Waals surface area contributed by atoms with E-state index in [-0.39, 0.29) is 13.2 Å². The van der Waals surface area contributed by atoms with Crippen LogP contribution in [-0.2, 0) is 4.79 Å². The van der Waals surface area contributed by atoms with E-state index in [9.17, 15) is 4.79 Å². The van der Waals surface area contributed by atoms with Crippen LogP contribution in [0, 0.1) is 51.8 Å². The predicted molar refractivity (Wildman–Crippen MR) is 227 cm³/mol. The maximum atomic E-state index is 9.44. The lowest BCUT2D eigenvalue weighted by atomic mass is 9.37. The van der Waals surface area contributed by atoms with Gasteiger partial charge in [-0.25, -0.2) is 0 Å². The third-order valence-electron chi connectivity index (χ3n) is 14.3. The highest BCUT2D eigenvalue weighted by Crippen LogP contribution is 2.75. The molecule has 0 aliphatic heterocycles. The predicted octanol–water partition coefficient (Wildman–Crippen LogP) is 12.1. The Kier molecular flexibility index (Phi) is 21.4. The molecule has 4 nitrogen and oxygen atoms in total. The van der Waals surface area contributed by atoms with Crippen LogP contribution < -0.4 is 16.4 Å². The van der Waals surface area contributed by atoms with E-state index in [1.165, 1.54) is 103 Å². The Morgan fingerprint density at radius 1 is 0.843 bits per heavy atom. The van der Waals surface area contributed by atoms with Crippen molar-refractivity contribution in [1.82, 2.24) is 10.6 Å². The first-order valence-electron chi connectivity index (χ1n) is 21.1. The fourth-order valence-corrected chi connectivity index (χ4v) is 11.7. The number of carbonyl (C=O) groups excluding carboxylic acids is 1. The van der Waals surface area contributed by atoms with Crippen LogP contribution in [0.3, 0.4) is 0 Å². The van der Waals surface area contributed by atoms with E-state index >= 15 is 0 Å². The smallest absolute Gasteiger partial charge is 0.126 e. The summed E-state index contributed by atoms with van der Waals surface area (Å²) in [7, 11) is 0. The third kappa shape index (κ3) is 12.4. The van der Waals surface area contributed by atoms with Crippen molar-refractivity contribution in [3.05, 3.63) is 35.5 Å². The Balaban J connectivity index is 0.00000149. The average Bonchev–Trinajstić information content (AvgIpc) is 3.31. The molecule has 4 aliphatic rings. The second-order valence-electron chi connectivity index (χ2n) is 18.3. The summed E-state index contributed by atoms with van der Waals surface area (Å²) in [6, 6.07) is 0. The zero-order valence-corrected chi connectivity index (χ0v) is 35.2. The summed E-state index contributed by atoms with van der Waals surface area (Å²) >= 11 is 0. The molecule has 0 amide bonds. The number of ketones is 1. The van der Waals surface area contributed by atoms with Crippen LogP contribution in [0.4, 0.5) is 0 Å². The quantitative estimate of drug-likeness (QED) is 0.117. The fraction of sp³-hybridized carbons (Fsp3) is 0.851. The van der Waals surface area contributed by atoms with Gasteiger partial charge in [-0.3, -0.25) is 0 Å². The van der Waals surface area contributed by atoms with Crippen LogP contribution in [0.15, 0.2) is 35.5 Å². The maximum absolute atomic E-state index is 9.44. The standard InChI is InChI=1S/C40H73N3.C3H6O.C3H6.CH4/c1-29(2)14-11-15-33(16-12-26-42-24-9-10-25-43-27-13-23-41)37-31(4)28-40(8)35(37)17-18-36-38(6)21-19-30(3)32(5)34(38)20-22-39(36,40)7;1-3(2)4;1-3-2;/h14,30-32,34-36,42-43H,9-13,15-28,41H2,1-8H3;1-2H3;3H,1H2,2H3;1H4/b37-33+;;;. The first-order chi connectivity index (χ1) is 23.6. The van der Waals surface area contributed by atoms with Crippen molar-refractivity contribution >= 4 is 5.78 Å². The molecule has 4 rings (SSSR count). The summed E-state index contributed by atoms with van der Waals surface area (Å²) in [6.45, 7) is 34.2. The van der Waals surface area contributed by atoms with E-state index in [1.54, 1.807) is 6.08 Å². The minimum absolute atomic E-state index is 0. The first kappa shape index (κ1) is 47.8. The molecule has 0 spiro atoms. The fourth-order valence-electron chi connectivity index (χ4n) is 11.7. The van der Waals surface area contributed by atoms with Gasteiger partial charge in [0.25, 0.3) is 0 Å². The third-order valence-corrected chi connectivity index (χ3v) is 14.3. The summed E-state index contributed by atoms with van der Waals surface area (Å²) in [6.07, 6.45) is 23.2. The Morgan fingerprint density at radius 2 is 1.41 bits per heavy atom. The molecule has 4 heteroatoms. The lowest BCUT2D eigenvalue weighted by Crippen LogP contribution is -2.61. The van der Waals surface area contributed by atoms with Crippen LogP contribution in [0.1, 0.15) is 173 Å². The summed E-state index contributed by atoms with van der Waals surface area (Å²) in [5.74, 6) is 5.41. The average molecular weight is 712 g/mol. The van der Waals surface area contributed by atoms with Crippen LogP contribution in [0.25, 0.3) is 0 Å². The van der Waals surface area contributed by atoms with Crippen molar-refractivity contribution in [1.29, 1.82) is 0 Å². The van der Waals surface area contributed by atoms with Crippen molar-refractivity contribution < 1.29 is 4.79 Å². The maximum Gasteiger partial charge on any atom is 0.126 e. The first-order valence-corrected chi connectivity index (χ1v) is 21.1. The van der Waals surface area contributed by atoms with Gasteiger partial charge in [-0.15, -0.1) is 6.58 Å². The second kappa shape index (κ2) is 22.9. The lowest BCUT2D eigenvalue weighted by molar-refractivity contribution is -0.189. The number of unbranched alkanes of at least 4 members (excludes halogenated alkanes) is 1. The molecule has 0 radical (unpaired) electrons. The van der Waals surface area contributed by atoms with Crippen LogP contribution >= 0.6 is 0 Å². The molecular weight excluding hydrogens is 623 g/mol. The number of hydrogen-bond acceptors (Lipinski definition) is 4. The molecule has 51 heavy (non-hydrogen) atoms. The highest BCUT2D eigenvalue weighted by atomic mass is 16.1. The number of nitrogens with one attached hydrogen (secondary N) is 2. The number of fused-ring (bicyclic) bond motifs is 5. The minimum Gasteiger partial charge on any atom is -0.330 e. The summed E-state index contributed by atoms with van der Waals surface area (Å²) in [4.78, 5) is 9.44. The molecule has 4 aliphatic carbocycles. The van der Waals surface area contributed by atoms with Crippen molar-refractivity contribution in [2.75, 3.05) is 32.7 Å². The Labute approximate surface area is 319 Å². The number of rotatable bonds is 15. The van der Waals surface area contributed by atoms with Gasteiger partial charge in [0, 0.05) is 0 Å². The number of hydrogen-bond donors (Lipinski definition) is 3. The number of allylic oxidation sites excluding steroid dienone is 5. The Bertz CT molecular complexity index is 1090. The lowest BCUT2D eigenvalue weighted by Gasteiger charge is -2.68. The van der Waals surface area contributed by atoms with Crippen molar-refractivity contribution in [2.45, 2.75) is 173 Å². The summed E-state index contributed by atoms with van der Waals surface area (Å²) in [5.41, 5.74) is 12.4. The summed E-state index contributed by atoms with van der Waals surface area (Å²) in [5, 5.41) is 7.29. The van der Waals surface area contributed by atoms with Crippen LogP contribution in [-0.4, -0.2) is 38.5 Å². The molecule has 4 N–H and O–H groups in total. The van der Waals surface area contributed by atoms with E-state index in [0.717, 1.165) is 74.7 Å².